The van der Waals surface area contributed by atoms with Gasteiger partial charge in [-0.1, -0.05) is 18.2 Å². The predicted molar refractivity (Wildman–Crippen MR) is 80.9 cm³/mol. The number of hydrogen-bond donors (Lipinski definition) is 1. The molecule has 0 aliphatic carbocycles. The van der Waals surface area contributed by atoms with E-state index >= 15 is 0 Å². The normalized spacial score (nSPS) is 18.2. The Kier molecular flexibility index (Phi) is 4.44. The largest absolute Gasteiger partial charge is 0.426 e. The van der Waals surface area contributed by atoms with Gasteiger partial charge in [-0.25, -0.2) is 0 Å². The monoisotopic (exact) mass is 301 g/mol. The average Bonchev–Trinajstić information content (AvgIpc) is 3.03. The Morgan fingerprint density at radius 1 is 1.27 bits per heavy atom. The number of ether oxygens (including phenoxy) is 1. The maximum Gasteiger partial charge on any atom is 0.290 e. The van der Waals surface area contributed by atoms with Gasteiger partial charge in [-0.2, -0.15) is 0 Å². The molecule has 1 saturated heterocycles. The lowest BCUT2D eigenvalue weighted by Crippen LogP contribution is -2.40. The van der Waals surface area contributed by atoms with Gasteiger partial charge in [0.2, 0.25) is 0 Å². The Morgan fingerprint density at radius 2 is 2.09 bits per heavy atom. The number of carbonyl (C=O) groups excluding carboxylic acids is 1. The fraction of sp³-hybridized carbons (Fsp3) is 0.353. The molecule has 1 N–H and O–H groups in total. The van der Waals surface area contributed by atoms with Gasteiger partial charge < -0.3 is 19.2 Å². The van der Waals surface area contributed by atoms with Gasteiger partial charge in [0.1, 0.15) is 5.75 Å². The van der Waals surface area contributed by atoms with Crippen molar-refractivity contribution in [2.24, 2.45) is 5.92 Å². The third-order valence-corrected chi connectivity index (χ3v) is 3.82. The van der Waals surface area contributed by atoms with Crippen LogP contribution in [0.1, 0.15) is 23.4 Å². The van der Waals surface area contributed by atoms with E-state index in [4.69, 9.17) is 9.15 Å². The highest BCUT2D eigenvalue weighted by Gasteiger charge is 2.26. The third kappa shape index (κ3) is 3.31. The van der Waals surface area contributed by atoms with Crippen molar-refractivity contribution in [2.45, 2.75) is 12.8 Å². The third-order valence-electron chi connectivity index (χ3n) is 3.82. The summed E-state index contributed by atoms with van der Waals surface area (Å²) in [5.41, 5.74) is 0. The molecule has 1 fully saturated rings. The van der Waals surface area contributed by atoms with E-state index in [9.17, 15) is 9.90 Å². The molecule has 1 atom stereocenters. The van der Waals surface area contributed by atoms with Crippen molar-refractivity contribution in [2.75, 3.05) is 19.7 Å². The van der Waals surface area contributed by atoms with Gasteiger partial charge in [0.15, 0.2) is 5.76 Å². The number of carbonyl (C=O) groups is 1. The van der Waals surface area contributed by atoms with Crippen LogP contribution in [0.25, 0.3) is 0 Å². The first kappa shape index (κ1) is 14.7. The van der Waals surface area contributed by atoms with E-state index in [-0.39, 0.29) is 24.2 Å². The van der Waals surface area contributed by atoms with Crippen LogP contribution in [0.4, 0.5) is 0 Å². The van der Waals surface area contributed by atoms with Crippen molar-refractivity contribution < 1.29 is 19.1 Å². The number of rotatable bonds is 4. The molecule has 3 rings (SSSR count). The first-order valence-corrected chi connectivity index (χ1v) is 7.49. The van der Waals surface area contributed by atoms with Crippen molar-refractivity contribution in [3.05, 3.63) is 48.2 Å². The van der Waals surface area contributed by atoms with Crippen LogP contribution in [0.3, 0.4) is 0 Å². The molecule has 0 radical (unpaired) electrons. The van der Waals surface area contributed by atoms with E-state index in [0.717, 1.165) is 12.8 Å². The van der Waals surface area contributed by atoms with Crippen molar-refractivity contribution in [1.82, 2.24) is 4.90 Å². The molecule has 1 aromatic heterocycles. The van der Waals surface area contributed by atoms with Crippen LogP contribution in [0.15, 0.2) is 46.9 Å². The van der Waals surface area contributed by atoms with E-state index in [2.05, 4.69) is 0 Å². The fourth-order valence-corrected chi connectivity index (χ4v) is 2.65. The minimum Gasteiger partial charge on any atom is -0.426 e. The average molecular weight is 301 g/mol. The second kappa shape index (κ2) is 6.66. The van der Waals surface area contributed by atoms with Crippen molar-refractivity contribution in [3.63, 3.8) is 0 Å². The summed E-state index contributed by atoms with van der Waals surface area (Å²) < 4.78 is 11.1. The van der Waals surface area contributed by atoms with E-state index in [1.165, 1.54) is 0 Å². The van der Waals surface area contributed by atoms with Gasteiger partial charge in [0.25, 0.3) is 11.9 Å². The van der Waals surface area contributed by atoms with Crippen molar-refractivity contribution >= 4 is 5.91 Å². The highest BCUT2D eigenvalue weighted by molar-refractivity contribution is 5.91. The minimum absolute atomic E-state index is 0.115. The van der Waals surface area contributed by atoms with Crippen molar-refractivity contribution in [1.29, 1.82) is 0 Å². The molecule has 1 aliphatic rings. The minimum atomic E-state index is -0.152. The molecule has 1 unspecified atom stereocenters. The highest BCUT2D eigenvalue weighted by atomic mass is 16.6. The second-order valence-electron chi connectivity index (χ2n) is 5.48. The molecule has 22 heavy (non-hydrogen) atoms. The Bertz CT molecular complexity index is 623. The predicted octanol–water partition coefficient (Wildman–Crippen LogP) is 2.92. The second-order valence-corrected chi connectivity index (χ2v) is 5.48. The number of nitrogens with zero attached hydrogens (tertiary/aromatic N) is 1. The summed E-state index contributed by atoms with van der Waals surface area (Å²) >= 11 is 0. The smallest absolute Gasteiger partial charge is 0.290 e. The molecule has 1 aromatic carbocycles. The molecule has 1 amide bonds. The van der Waals surface area contributed by atoms with Crippen LogP contribution in [0, 0.1) is 5.92 Å². The van der Waals surface area contributed by atoms with Crippen LogP contribution >= 0.6 is 0 Å². The van der Waals surface area contributed by atoms with E-state index in [0.29, 0.717) is 24.8 Å². The Morgan fingerprint density at radius 3 is 2.86 bits per heavy atom. The number of hydrogen-bond acceptors (Lipinski definition) is 4. The number of piperidine rings is 1. The van der Waals surface area contributed by atoms with Crippen molar-refractivity contribution in [3.8, 4) is 11.7 Å². The van der Waals surface area contributed by atoms with Gasteiger partial charge in [0.05, 0.1) is 0 Å². The molecule has 0 saturated carbocycles. The molecule has 116 valence electrons. The summed E-state index contributed by atoms with van der Waals surface area (Å²) in [6.45, 7) is 1.39. The van der Waals surface area contributed by atoms with E-state index < -0.39 is 0 Å². The maximum absolute atomic E-state index is 12.4. The molecule has 0 spiro atoms. The molecular weight excluding hydrogens is 282 g/mol. The summed E-state index contributed by atoms with van der Waals surface area (Å²) in [5, 5.41) is 9.25. The van der Waals surface area contributed by atoms with Gasteiger partial charge in [-0.3, -0.25) is 4.79 Å². The molecule has 0 bridgehead atoms. The SMILES string of the molecule is O=C(c1ccc(Oc2ccccc2)o1)N1CCCC(CO)C1. The summed E-state index contributed by atoms with van der Waals surface area (Å²) in [5.74, 6) is 1.23. The number of likely N-dealkylation sites (tertiary alicyclic amines) is 1. The molecular formula is C17H19NO4. The molecule has 1 aliphatic heterocycles. The van der Waals surface area contributed by atoms with E-state index in [1.807, 2.05) is 30.3 Å². The zero-order valence-electron chi connectivity index (χ0n) is 12.3. The highest BCUT2D eigenvalue weighted by Crippen LogP contribution is 2.25. The number of aliphatic hydroxyl groups is 1. The molecule has 2 heterocycles. The van der Waals surface area contributed by atoms with Gasteiger partial charge in [0, 0.05) is 25.8 Å². The van der Waals surface area contributed by atoms with Gasteiger partial charge in [-0.15, -0.1) is 0 Å². The summed E-state index contributed by atoms with van der Waals surface area (Å²) in [6.07, 6.45) is 1.87. The zero-order chi connectivity index (χ0) is 15.4. The number of benzene rings is 1. The Labute approximate surface area is 129 Å². The van der Waals surface area contributed by atoms with Crippen LogP contribution in [-0.4, -0.2) is 35.6 Å². The van der Waals surface area contributed by atoms with Crippen LogP contribution in [0.2, 0.25) is 0 Å². The number of aliphatic hydroxyl groups excluding tert-OH is 1. The number of para-hydroxylation sites is 1. The number of amides is 1. The molecule has 5 heteroatoms. The quantitative estimate of drug-likeness (QED) is 0.943. The maximum atomic E-state index is 12.4. The topological polar surface area (TPSA) is 62.9 Å². The Balaban J connectivity index is 1.66. The fourth-order valence-electron chi connectivity index (χ4n) is 2.65. The summed E-state index contributed by atoms with van der Waals surface area (Å²) in [4.78, 5) is 14.2. The van der Waals surface area contributed by atoms with E-state index in [1.54, 1.807) is 17.0 Å². The first-order chi connectivity index (χ1) is 10.8. The summed E-state index contributed by atoms with van der Waals surface area (Å²) in [6, 6.07) is 12.6. The Hall–Kier alpha value is -2.27. The van der Waals surface area contributed by atoms with Gasteiger partial charge >= 0.3 is 0 Å². The number of furan rings is 1. The summed E-state index contributed by atoms with van der Waals surface area (Å²) in [7, 11) is 0. The zero-order valence-corrected chi connectivity index (χ0v) is 12.3. The molecule has 5 nitrogen and oxygen atoms in total. The lowest BCUT2D eigenvalue weighted by atomic mass is 9.99. The first-order valence-electron chi connectivity index (χ1n) is 7.49. The van der Waals surface area contributed by atoms with Gasteiger partial charge in [-0.05, 0) is 37.0 Å². The standard InChI is InChI=1S/C17H19NO4/c19-12-13-5-4-10-18(11-13)17(20)15-8-9-16(22-15)21-14-6-2-1-3-7-14/h1-3,6-9,13,19H,4-5,10-12H2. The van der Waals surface area contributed by atoms with Crippen LogP contribution < -0.4 is 4.74 Å². The molecule has 2 aromatic rings. The van der Waals surface area contributed by atoms with Crippen LogP contribution in [-0.2, 0) is 0 Å². The lowest BCUT2D eigenvalue weighted by molar-refractivity contribution is 0.0585. The van der Waals surface area contributed by atoms with Crippen LogP contribution in [0.5, 0.6) is 11.7 Å². The lowest BCUT2D eigenvalue weighted by Gasteiger charge is -2.31.